The summed E-state index contributed by atoms with van der Waals surface area (Å²) in [5.41, 5.74) is 2.34. The number of amides is 2. The zero-order chi connectivity index (χ0) is 11.7. The average molecular weight is 208 g/mol. The lowest BCUT2D eigenvalue weighted by Gasteiger charge is -2.06. The molecule has 0 bridgehead atoms. The number of carbonyl (C=O) groups is 1. The van der Waals surface area contributed by atoms with Crippen molar-refractivity contribution in [3.8, 4) is 0 Å². The number of carbonyl (C=O) groups excluding carboxylic acids is 1. The van der Waals surface area contributed by atoms with Gasteiger partial charge in [0.1, 0.15) is 0 Å². The van der Waals surface area contributed by atoms with Crippen LogP contribution in [0.4, 0.5) is 4.79 Å². The van der Waals surface area contributed by atoms with Crippen LogP contribution in [0, 0.1) is 6.92 Å². The topological polar surface area (TPSA) is 41.1 Å². The summed E-state index contributed by atoms with van der Waals surface area (Å²) in [5, 5.41) is 5.24. The molecule has 0 fully saturated rings. The first-order valence-electron chi connectivity index (χ1n) is 5.24. The lowest BCUT2D eigenvalue weighted by atomic mass is 10.1. The van der Waals surface area contributed by atoms with E-state index in [1.165, 1.54) is 5.56 Å². The Bertz CT molecular complexity index is 297. The Morgan fingerprint density at radius 2 is 1.87 bits per heavy atom. The molecule has 2 N–H and O–H groups in total. The Labute approximate surface area is 91.9 Å². The van der Waals surface area contributed by atoms with Crippen molar-refractivity contribution in [2.24, 2.45) is 0 Å². The second-order valence-corrected chi connectivity index (χ2v) is 2.86. The zero-order valence-corrected chi connectivity index (χ0v) is 9.92. The van der Waals surface area contributed by atoms with Crippen LogP contribution in [0.15, 0.2) is 24.3 Å². The first kappa shape index (κ1) is 13.5. The maximum Gasteiger partial charge on any atom is 0.314 e. The van der Waals surface area contributed by atoms with E-state index in [9.17, 15) is 4.79 Å². The van der Waals surface area contributed by atoms with Crippen LogP contribution >= 0.6 is 0 Å². The second-order valence-electron chi connectivity index (χ2n) is 2.86. The molecule has 0 heterocycles. The van der Waals surface area contributed by atoms with E-state index in [0.29, 0.717) is 6.54 Å². The largest absolute Gasteiger partial charge is 0.341 e. The van der Waals surface area contributed by atoms with Gasteiger partial charge in [0.2, 0.25) is 0 Å². The molecule has 3 nitrogen and oxygen atoms in total. The van der Waals surface area contributed by atoms with Gasteiger partial charge in [-0.05, 0) is 18.1 Å². The van der Waals surface area contributed by atoms with Gasteiger partial charge < -0.3 is 10.6 Å². The normalized spacial score (nSPS) is 8.53. The van der Waals surface area contributed by atoms with Gasteiger partial charge in [-0.2, -0.15) is 0 Å². The molecule has 0 unspecified atom stereocenters. The van der Waals surface area contributed by atoms with E-state index in [1.807, 2.05) is 45.0 Å². The molecule has 84 valence electrons. The van der Waals surface area contributed by atoms with Crippen molar-refractivity contribution in [1.82, 2.24) is 10.6 Å². The molecule has 3 heteroatoms. The zero-order valence-electron chi connectivity index (χ0n) is 9.92. The Balaban J connectivity index is 0.000000921. The minimum Gasteiger partial charge on any atom is -0.341 e. The number of benzene rings is 1. The Morgan fingerprint density at radius 1 is 1.27 bits per heavy atom. The molecular formula is C12H20N2O. The predicted octanol–water partition coefficient (Wildman–Crippen LogP) is 2.45. The fraction of sp³-hybridized carbons (Fsp3) is 0.417. The molecule has 1 rings (SSSR count). The van der Waals surface area contributed by atoms with Crippen LogP contribution in [0.2, 0.25) is 0 Å². The minimum atomic E-state index is -0.150. The van der Waals surface area contributed by atoms with Gasteiger partial charge in [0.05, 0.1) is 0 Å². The van der Waals surface area contributed by atoms with Crippen molar-refractivity contribution < 1.29 is 4.79 Å². The van der Waals surface area contributed by atoms with Gasteiger partial charge in [-0.25, -0.2) is 4.79 Å². The van der Waals surface area contributed by atoms with Crippen LogP contribution in [-0.2, 0) is 6.54 Å². The summed E-state index contributed by atoms with van der Waals surface area (Å²) < 4.78 is 0. The van der Waals surface area contributed by atoms with Gasteiger partial charge >= 0.3 is 6.03 Å². The summed E-state index contributed by atoms with van der Waals surface area (Å²) in [4.78, 5) is 10.9. The number of hydrogen-bond donors (Lipinski definition) is 2. The maximum absolute atomic E-state index is 10.9. The standard InChI is InChI=1S/C10H14N2O.C2H6/c1-8-5-3-4-6-9(8)7-12-10(13)11-2;1-2/h3-6H,7H2,1-2H3,(H2,11,12,13);1-2H3. The summed E-state index contributed by atoms with van der Waals surface area (Å²) >= 11 is 0. The number of hydrogen-bond acceptors (Lipinski definition) is 1. The highest BCUT2D eigenvalue weighted by molar-refractivity contribution is 5.73. The third-order valence-corrected chi connectivity index (χ3v) is 1.93. The van der Waals surface area contributed by atoms with E-state index in [-0.39, 0.29) is 6.03 Å². The molecule has 1 aromatic rings. The van der Waals surface area contributed by atoms with Crippen molar-refractivity contribution in [2.75, 3.05) is 7.05 Å². The Morgan fingerprint density at radius 3 is 2.40 bits per heavy atom. The van der Waals surface area contributed by atoms with Crippen LogP contribution in [-0.4, -0.2) is 13.1 Å². The molecule has 1 aromatic carbocycles. The third kappa shape index (κ3) is 5.05. The number of nitrogens with one attached hydrogen (secondary N) is 2. The summed E-state index contributed by atoms with van der Waals surface area (Å²) in [5.74, 6) is 0. The molecule has 2 amide bonds. The van der Waals surface area contributed by atoms with E-state index in [1.54, 1.807) is 7.05 Å². The van der Waals surface area contributed by atoms with Crippen molar-refractivity contribution in [1.29, 1.82) is 0 Å². The van der Waals surface area contributed by atoms with E-state index >= 15 is 0 Å². The van der Waals surface area contributed by atoms with E-state index < -0.39 is 0 Å². The van der Waals surface area contributed by atoms with Gasteiger partial charge in [0.25, 0.3) is 0 Å². The fourth-order valence-corrected chi connectivity index (χ4v) is 1.07. The van der Waals surface area contributed by atoms with Crippen LogP contribution in [0.25, 0.3) is 0 Å². The van der Waals surface area contributed by atoms with Gasteiger partial charge in [0, 0.05) is 13.6 Å². The highest BCUT2D eigenvalue weighted by Gasteiger charge is 1.98. The van der Waals surface area contributed by atoms with Crippen LogP contribution in [0.3, 0.4) is 0 Å². The fourth-order valence-electron chi connectivity index (χ4n) is 1.07. The molecular weight excluding hydrogens is 188 g/mol. The van der Waals surface area contributed by atoms with Crippen molar-refractivity contribution in [3.63, 3.8) is 0 Å². The van der Waals surface area contributed by atoms with Crippen molar-refractivity contribution in [2.45, 2.75) is 27.3 Å². The molecule has 0 aliphatic rings. The SMILES string of the molecule is CC.CNC(=O)NCc1ccccc1C. The van der Waals surface area contributed by atoms with E-state index in [2.05, 4.69) is 10.6 Å². The van der Waals surface area contributed by atoms with Gasteiger partial charge in [-0.15, -0.1) is 0 Å². The van der Waals surface area contributed by atoms with Crippen LogP contribution in [0.5, 0.6) is 0 Å². The van der Waals surface area contributed by atoms with Gasteiger partial charge in [-0.3, -0.25) is 0 Å². The third-order valence-electron chi connectivity index (χ3n) is 1.93. The first-order chi connectivity index (χ1) is 7.24. The van der Waals surface area contributed by atoms with Gasteiger partial charge in [0.15, 0.2) is 0 Å². The summed E-state index contributed by atoms with van der Waals surface area (Å²) in [6.07, 6.45) is 0. The summed E-state index contributed by atoms with van der Waals surface area (Å²) in [6, 6.07) is 7.84. The van der Waals surface area contributed by atoms with Crippen molar-refractivity contribution in [3.05, 3.63) is 35.4 Å². The average Bonchev–Trinajstić information content (AvgIpc) is 2.30. The molecule has 0 spiro atoms. The summed E-state index contributed by atoms with van der Waals surface area (Å²) in [6.45, 7) is 6.60. The molecule has 0 saturated carbocycles. The number of rotatable bonds is 2. The number of aryl methyl sites for hydroxylation is 1. The quantitative estimate of drug-likeness (QED) is 0.770. The number of urea groups is 1. The monoisotopic (exact) mass is 208 g/mol. The molecule has 0 aliphatic heterocycles. The molecule has 0 atom stereocenters. The van der Waals surface area contributed by atoms with Crippen molar-refractivity contribution >= 4 is 6.03 Å². The maximum atomic E-state index is 10.9. The lowest BCUT2D eigenvalue weighted by molar-refractivity contribution is 0.242. The van der Waals surface area contributed by atoms with E-state index in [4.69, 9.17) is 0 Å². The second kappa shape index (κ2) is 7.85. The summed E-state index contributed by atoms with van der Waals surface area (Å²) in [7, 11) is 1.60. The Hall–Kier alpha value is -1.51. The van der Waals surface area contributed by atoms with Gasteiger partial charge in [-0.1, -0.05) is 38.1 Å². The Kier molecular flexibility index (Phi) is 7.06. The molecule has 0 radical (unpaired) electrons. The highest BCUT2D eigenvalue weighted by atomic mass is 16.2. The van der Waals surface area contributed by atoms with Crippen LogP contribution in [0.1, 0.15) is 25.0 Å². The first-order valence-corrected chi connectivity index (χ1v) is 5.24. The lowest BCUT2D eigenvalue weighted by Crippen LogP contribution is -2.32. The predicted molar refractivity (Wildman–Crippen MR) is 63.8 cm³/mol. The minimum absolute atomic E-state index is 0.150. The van der Waals surface area contributed by atoms with E-state index in [0.717, 1.165) is 5.56 Å². The molecule has 15 heavy (non-hydrogen) atoms. The van der Waals surface area contributed by atoms with Crippen LogP contribution < -0.4 is 10.6 Å². The molecule has 0 aliphatic carbocycles. The smallest absolute Gasteiger partial charge is 0.314 e. The highest BCUT2D eigenvalue weighted by Crippen LogP contribution is 2.05. The molecule has 0 saturated heterocycles. The molecule has 0 aromatic heterocycles.